The first-order valence-electron chi connectivity index (χ1n) is 8.72. The summed E-state index contributed by atoms with van der Waals surface area (Å²) in [6.45, 7) is 6.67. The van der Waals surface area contributed by atoms with E-state index >= 15 is 0 Å². The van der Waals surface area contributed by atoms with Crippen molar-refractivity contribution in [3.8, 4) is 5.75 Å². The van der Waals surface area contributed by atoms with Crippen LogP contribution in [0.4, 0.5) is 4.39 Å². The zero-order valence-corrected chi connectivity index (χ0v) is 17.0. The van der Waals surface area contributed by atoms with Gasteiger partial charge in [-0.3, -0.25) is 0 Å². The molecule has 0 aliphatic heterocycles. The molecule has 0 amide bonds. The lowest BCUT2D eigenvalue weighted by atomic mass is 10.2. The third kappa shape index (κ3) is 4.45. The van der Waals surface area contributed by atoms with Gasteiger partial charge in [-0.1, -0.05) is 47.6 Å². The Morgan fingerprint density at radius 3 is 2.67 bits per heavy atom. The van der Waals surface area contributed by atoms with Gasteiger partial charge in [0.05, 0.1) is 0 Å². The molecule has 0 aliphatic rings. The van der Waals surface area contributed by atoms with Gasteiger partial charge in [-0.05, 0) is 44.5 Å². The van der Waals surface area contributed by atoms with Crippen molar-refractivity contribution in [2.75, 3.05) is 0 Å². The van der Waals surface area contributed by atoms with Gasteiger partial charge in [0.15, 0.2) is 17.1 Å². The molecule has 4 nitrogen and oxygen atoms in total. The van der Waals surface area contributed by atoms with E-state index in [4.69, 9.17) is 16.3 Å². The van der Waals surface area contributed by atoms with E-state index in [1.165, 1.54) is 17.8 Å². The highest BCUT2D eigenvalue weighted by Gasteiger charge is 2.20. The summed E-state index contributed by atoms with van der Waals surface area (Å²) in [5, 5.41) is 9.72. The van der Waals surface area contributed by atoms with E-state index in [1.54, 1.807) is 12.1 Å². The van der Waals surface area contributed by atoms with E-state index in [0.717, 1.165) is 17.1 Å². The Balaban J connectivity index is 1.77. The highest BCUT2D eigenvalue weighted by Crippen LogP contribution is 2.30. The number of halogens is 2. The first-order valence-corrected chi connectivity index (χ1v) is 10.1. The SMILES string of the molecule is CCn1c(SCc2c(F)cccc2Cl)nnc1C(C)Oc1ccccc1C. The minimum Gasteiger partial charge on any atom is -0.482 e. The Bertz CT molecular complexity index is 911. The van der Waals surface area contributed by atoms with Crippen LogP contribution < -0.4 is 4.74 Å². The number of hydrogen-bond acceptors (Lipinski definition) is 4. The van der Waals surface area contributed by atoms with Crippen LogP contribution in [0.5, 0.6) is 5.75 Å². The van der Waals surface area contributed by atoms with Crippen molar-refractivity contribution in [3.63, 3.8) is 0 Å². The Morgan fingerprint density at radius 2 is 1.96 bits per heavy atom. The topological polar surface area (TPSA) is 39.9 Å². The predicted octanol–water partition coefficient (Wildman–Crippen LogP) is 5.83. The highest BCUT2D eigenvalue weighted by molar-refractivity contribution is 7.98. The second kappa shape index (κ2) is 8.76. The summed E-state index contributed by atoms with van der Waals surface area (Å²) in [6, 6.07) is 12.6. The fraction of sp³-hybridized carbons (Fsp3) is 0.300. The maximum Gasteiger partial charge on any atom is 0.191 e. The largest absolute Gasteiger partial charge is 0.482 e. The summed E-state index contributed by atoms with van der Waals surface area (Å²) in [5.74, 6) is 1.64. The van der Waals surface area contributed by atoms with Crippen LogP contribution in [0.3, 0.4) is 0 Å². The summed E-state index contributed by atoms with van der Waals surface area (Å²) in [5.41, 5.74) is 1.54. The highest BCUT2D eigenvalue weighted by atomic mass is 35.5. The van der Waals surface area contributed by atoms with Crippen molar-refractivity contribution in [1.82, 2.24) is 14.8 Å². The van der Waals surface area contributed by atoms with E-state index in [0.29, 0.717) is 28.0 Å². The molecule has 0 saturated heterocycles. The molecule has 0 radical (unpaired) electrons. The number of nitrogens with zero attached hydrogens (tertiary/aromatic N) is 3. The van der Waals surface area contributed by atoms with E-state index in [1.807, 2.05) is 49.6 Å². The normalized spacial score (nSPS) is 12.2. The molecule has 1 aromatic heterocycles. The van der Waals surface area contributed by atoms with Crippen molar-refractivity contribution in [2.24, 2.45) is 0 Å². The molecular weight excluding hydrogens is 385 g/mol. The Labute approximate surface area is 167 Å². The van der Waals surface area contributed by atoms with Gasteiger partial charge in [0, 0.05) is 22.9 Å². The molecule has 27 heavy (non-hydrogen) atoms. The number of rotatable bonds is 7. The maximum atomic E-state index is 14.0. The van der Waals surface area contributed by atoms with Crippen molar-refractivity contribution in [2.45, 2.75) is 44.3 Å². The van der Waals surface area contributed by atoms with Gasteiger partial charge in [-0.2, -0.15) is 0 Å². The molecule has 0 fully saturated rings. The molecule has 0 N–H and O–H groups in total. The maximum absolute atomic E-state index is 14.0. The first kappa shape index (κ1) is 19.7. The summed E-state index contributed by atoms with van der Waals surface area (Å²) in [6.07, 6.45) is -0.259. The molecular formula is C20H21ClFN3OS. The summed E-state index contributed by atoms with van der Waals surface area (Å²) < 4.78 is 22.1. The summed E-state index contributed by atoms with van der Waals surface area (Å²) in [7, 11) is 0. The Kier molecular flexibility index (Phi) is 6.39. The van der Waals surface area contributed by atoms with Crippen LogP contribution in [0.2, 0.25) is 5.02 Å². The molecule has 0 spiro atoms. The number of hydrogen-bond donors (Lipinski definition) is 0. The van der Waals surface area contributed by atoms with Crippen LogP contribution in [-0.4, -0.2) is 14.8 Å². The van der Waals surface area contributed by atoms with E-state index < -0.39 is 0 Å². The van der Waals surface area contributed by atoms with E-state index in [9.17, 15) is 4.39 Å². The molecule has 0 saturated carbocycles. The van der Waals surface area contributed by atoms with Crippen LogP contribution in [0, 0.1) is 12.7 Å². The molecule has 1 atom stereocenters. The zero-order chi connectivity index (χ0) is 19.4. The van der Waals surface area contributed by atoms with Crippen LogP contribution >= 0.6 is 23.4 Å². The number of ether oxygens (including phenoxy) is 1. The second-order valence-corrected chi connectivity index (χ2v) is 7.45. The predicted molar refractivity (Wildman–Crippen MR) is 107 cm³/mol. The lowest BCUT2D eigenvalue weighted by molar-refractivity contribution is 0.208. The number of aromatic nitrogens is 3. The molecule has 142 valence electrons. The van der Waals surface area contributed by atoms with Gasteiger partial charge in [-0.15, -0.1) is 10.2 Å². The Hall–Kier alpha value is -2.05. The van der Waals surface area contributed by atoms with Gasteiger partial charge in [0.25, 0.3) is 0 Å². The average Bonchev–Trinajstić information content (AvgIpc) is 3.06. The van der Waals surface area contributed by atoms with Crippen molar-refractivity contribution < 1.29 is 9.13 Å². The molecule has 3 rings (SSSR count). The molecule has 2 aromatic carbocycles. The van der Waals surface area contributed by atoms with Crippen molar-refractivity contribution >= 4 is 23.4 Å². The minimum absolute atomic E-state index is 0.259. The monoisotopic (exact) mass is 405 g/mol. The standard InChI is InChI=1S/C20H21ClFN3OS/c1-4-25-19(14(3)26-18-11-6-5-8-13(18)2)23-24-20(25)27-12-15-16(21)9-7-10-17(15)22/h5-11,14H,4,12H2,1-3H3. The molecule has 1 unspecified atom stereocenters. The molecule has 0 bridgehead atoms. The van der Waals surface area contributed by atoms with Crippen LogP contribution in [0.1, 0.15) is 36.9 Å². The van der Waals surface area contributed by atoms with Gasteiger partial charge < -0.3 is 9.30 Å². The minimum atomic E-state index is -0.311. The zero-order valence-electron chi connectivity index (χ0n) is 15.4. The van der Waals surface area contributed by atoms with Crippen LogP contribution in [-0.2, 0) is 12.3 Å². The smallest absolute Gasteiger partial charge is 0.191 e. The van der Waals surface area contributed by atoms with Crippen LogP contribution in [0.25, 0.3) is 0 Å². The fourth-order valence-corrected chi connectivity index (χ4v) is 4.10. The van der Waals surface area contributed by atoms with Crippen molar-refractivity contribution in [1.29, 1.82) is 0 Å². The molecule has 0 aliphatic carbocycles. The Morgan fingerprint density at radius 1 is 1.19 bits per heavy atom. The number of aryl methyl sites for hydroxylation is 1. The van der Waals surface area contributed by atoms with Gasteiger partial charge in [-0.25, -0.2) is 4.39 Å². The number of thioether (sulfide) groups is 1. The lowest BCUT2D eigenvalue weighted by Gasteiger charge is -2.17. The van der Waals surface area contributed by atoms with E-state index in [2.05, 4.69) is 10.2 Å². The number of para-hydroxylation sites is 1. The van der Waals surface area contributed by atoms with Gasteiger partial charge in [0.2, 0.25) is 0 Å². The fourth-order valence-electron chi connectivity index (χ4n) is 2.74. The van der Waals surface area contributed by atoms with Gasteiger partial charge >= 0.3 is 0 Å². The van der Waals surface area contributed by atoms with Gasteiger partial charge in [0.1, 0.15) is 11.6 Å². The lowest BCUT2D eigenvalue weighted by Crippen LogP contribution is -2.12. The first-order chi connectivity index (χ1) is 13.0. The van der Waals surface area contributed by atoms with Crippen molar-refractivity contribution in [3.05, 3.63) is 70.3 Å². The van der Waals surface area contributed by atoms with Crippen LogP contribution in [0.15, 0.2) is 47.6 Å². The quantitative estimate of drug-likeness (QED) is 0.463. The summed E-state index contributed by atoms with van der Waals surface area (Å²) in [4.78, 5) is 0. The molecule has 7 heteroatoms. The summed E-state index contributed by atoms with van der Waals surface area (Å²) >= 11 is 7.52. The third-order valence-electron chi connectivity index (χ3n) is 4.23. The number of benzene rings is 2. The molecule has 3 aromatic rings. The third-order valence-corrected chi connectivity index (χ3v) is 5.58. The molecule has 1 heterocycles. The second-order valence-electron chi connectivity index (χ2n) is 6.10. The van der Waals surface area contributed by atoms with E-state index in [-0.39, 0.29) is 11.9 Å². The average molecular weight is 406 g/mol.